The Bertz CT molecular complexity index is 1510. The van der Waals surface area contributed by atoms with Crippen molar-refractivity contribution in [3.8, 4) is 5.75 Å². The fraction of sp³-hybridized carbons (Fsp3) is 0.353. The molecule has 6 rings (SSSR count). The number of hydrogen-bond donors (Lipinski definition) is 1. The second-order valence-electron chi connectivity index (χ2n) is 11.0. The Morgan fingerprint density at radius 3 is 2.50 bits per heavy atom. The molecule has 0 unspecified atom stereocenters. The molecule has 2 heterocycles. The highest BCUT2D eigenvalue weighted by atomic mass is 16.5. The first kappa shape index (κ1) is 26.5. The zero-order chi connectivity index (χ0) is 27.8. The van der Waals surface area contributed by atoms with Crippen LogP contribution in [0, 0.1) is 17.8 Å². The third-order valence-corrected chi connectivity index (χ3v) is 8.82. The highest BCUT2D eigenvalue weighted by molar-refractivity contribution is 6.22. The topological polar surface area (TPSA) is 76.1 Å². The summed E-state index contributed by atoms with van der Waals surface area (Å²) in [6, 6.07) is 20.9. The first-order chi connectivity index (χ1) is 19.5. The van der Waals surface area contributed by atoms with Gasteiger partial charge in [-0.05, 0) is 66.0 Å². The van der Waals surface area contributed by atoms with E-state index in [0.29, 0.717) is 25.3 Å². The maximum Gasteiger partial charge on any atom is 0.238 e. The largest absolute Gasteiger partial charge is 0.507 e. The van der Waals surface area contributed by atoms with Gasteiger partial charge in [0.15, 0.2) is 0 Å². The number of phenolic OH excluding ortho intramolecular Hbond substituents is 1. The number of imide groups is 1. The molecule has 0 aromatic heterocycles. The lowest BCUT2D eigenvalue weighted by Gasteiger charge is -2.31. The third kappa shape index (κ3) is 4.55. The zero-order valence-corrected chi connectivity index (χ0v) is 23.0. The Kier molecular flexibility index (Phi) is 7.30. The second kappa shape index (κ2) is 11.0. The fourth-order valence-electron chi connectivity index (χ4n) is 6.93. The quantitative estimate of drug-likeness (QED) is 0.270. The van der Waals surface area contributed by atoms with Crippen LogP contribution in [-0.2, 0) is 19.1 Å². The van der Waals surface area contributed by atoms with Crippen molar-refractivity contribution in [2.24, 2.45) is 17.8 Å². The molecule has 0 bridgehead atoms. The number of ether oxygens (including phenoxy) is 2. The number of nitrogens with zero attached hydrogens (tertiary/aromatic N) is 1. The summed E-state index contributed by atoms with van der Waals surface area (Å²) in [5.41, 5.74) is 5.31. The molecule has 3 aromatic rings. The SMILES string of the molecule is CC/C(=C\c1ccc(O)c2ccccc12)CC[C@H]1OC[C@H]2C1=C(COC)C[C@H]1C(=O)N(c3ccccc3)C(=O)[C@H]12. The summed E-state index contributed by atoms with van der Waals surface area (Å²) >= 11 is 0. The van der Waals surface area contributed by atoms with Crippen LogP contribution in [-0.4, -0.2) is 43.3 Å². The van der Waals surface area contributed by atoms with Crippen LogP contribution in [0.2, 0.25) is 0 Å². The fourth-order valence-corrected chi connectivity index (χ4v) is 6.93. The molecule has 0 saturated carbocycles. The molecule has 1 aliphatic carbocycles. The molecule has 0 radical (unpaired) electrons. The van der Waals surface area contributed by atoms with E-state index in [2.05, 4.69) is 13.0 Å². The molecule has 3 aliphatic rings. The Morgan fingerprint density at radius 1 is 1.00 bits per heavy atom. The van der Waals surface area contributed by atoms with Gasteiger partial charge < -0.3 is 14.6 Å². The number of amides is 2. The average Bonchev–Trinajstić information content (AvgIpc) is 3.51. The predicted molar refractivity (Wildman–Crippen MR) is 156 cm³/mol. The smallest absolute Gasteiger partial charge is 0.238 e. The van der Waals surface area contributed by atoms with Crippen molar-refractivity contribution in [2.75, 3.05) is 25.2 Å². The van der Waals surface area contributed by atoms with Crippen molar-refractivity contribution in [1.29, 1.82) is 0 Å². The first-order valence-electron chi connectivity index (χ1n) is 14.2. The second-order valence-corrected chi connectivity index (χ2v) is 11.0. The lowest BCUT2D eigenvalue weighted by Crippen LogP contribution is -2.35. The number of rotatable bonds is 8. The molecule has 4 atom stereocenters. The number of anilines is 1. The van der Waals surface area contributed by atoms with Gasteiger partial charge in [-0.3, -0.25) is 14.5 Å². The molecule has 2 aliphatic heterocycles. The van der Waals surface area contributed by atoms with Crippen molar-refractivity contribution in [2.45, 2.75) is 38.7 Å². The van der Waals surface area contributed by atoms with Gasteiger partial charge in [0.1, 0.15) is 5.75 Å². The number of carbonyl (C=O) groups is 2. The summed E-state index contributed by atoms with van der Waals surface area (Å²) in [5.74, 6) is -0.808. The van der Waals surface area contributed by atoms with Gasteiger partial charge in [-0.25, -0.2) is 0 Å². The number of fused-ring (bicyclic) bond motifs is 4. The summed E-state index contributed by atoms with van der Waals surface area (Å²) in [6.45, 7) is 3.05. The van der Waals surface area contributed by atoms with Crippen molar-refractivity contribution in [1.82, 2.24) is 0 Å². The van der Waals surface area contributed by atoms with Gasteiger partial charge in [-0.2, -0.15) is 0 Å². The highest BCUT2D eigenvalue weighted by Gasteiger charge is 2.57. The van der Waals surface area contributed by atoms with Gasteiger partial charge >= 0.3 is 0 Å². The van der Waals surface area contributed by atoms with Gasteiger partial charge in [0.25, 0.3) is 0 Å². The lowest BCUT2D eigenvalue weighted by molar-refractivity contribution is -0.122. The molecule has 3 aromatic carbocycles. The van der Waals surface area contributed by atoms with Crippen molar-refractivity contribution >= 4 is 34.4 Å². The monoisotopic (exact) mass is 537 g/mol. The van der Waals surface area contributed by atoms with Crippen LogP contribution in [0.4, 0.5) is 5.69 Å². The summed E-state index contributed by atoms with van der Waals surface area (Å²) in [4.78, 5) is 28.6. The van der Waals surface area contributed by atoms with E-state index in [1.807, 2.05) is 60.7 Å². The van der Waals surface area contributed by atoms with E-state index in [9.17, 15) is 14.7 Å². The Labute approximate surface area is 234 Å². The van der Waals surface area contributed by atoms with Gasteiger partial charge in [0, 0.05) is 18.4 Å². The highest BCUT2D eigenvalue weighted by Crippen LogP contribution is 2.50. The van der Waals surface area contributed by atoms with E-state index in [4.69, 9.17) is 9.47 Å². The van der Waals surface area contributed by atoms with Crippen molar-refractivity contribution in [3.63, 3.8) is 0 Å². The minimum atomic E-state index is -0.391. The van der Waals surface area contributed by atoms with Gasteiger partial charge in [-0.15, -0.1) is 0 Å². The van der Waals surface area contributed by atoms with E-state index < -0.39 is 5.92 Å². The molecular formula is C34H35NO5. The van der Waals surface area contributed by atoms with Crippen LogP contribution in [0.25, 0.3) is 16.8 Å². The lowest BCUT2D eigenvalue weighted by atomic mass is 9.69. The van der Waals surface area contributed by atoms with E-state index in [0.717, 1.165) is 41.2 Å². The van der Waals surface area contributed by atoms with Crippen LogP contribution in [0.15, 0.2) is 83.4 Å². The minimum absolute atomic E-state index is 0.101. The van der Waals surface area contributed by atoms with E-state index >= 15 is 0 Å². The number of hydrogen-bond acceptors (Lipinski definition) is 5. The van der Waals surface area contributed by atoms with E-state index in [1.165, 1.54) is 16.0 Å². The van der Waals surface area contributed by atoms with Crippen LogP contribution in [0.1, 0.15) is 38.2 Å². The van der Waals surface area contributed by atoms with Crippen LogP contribution >= 0.6 is 0 Å². The van der Waals surface area contributed by atoms with Gasteiger partial charge in [0.2, 0.25) is 11.8 Å². The first-order valence-corrected chi connectivity index (χ1v) is 14.2. The third-order valence-electron chi connectivity index (χ3n) is 8.82. The maximum absolute atomic E-state index is 13.7. The van der Waals surface area contributed by atoms with Gasteiger partial charge in [0.05, 0.1) is 36.8 Å². The molecule has 2 fully saturated rings. The van der Waals surface area contributed by atoms with E-state index in [1.54, 1.807) is 13.2 Å². The molecule has 206 valence electrons. The van der Waals surface area contributed by atoms with Crippen LogP contribution in [0.5, 0.6) is 5.75 Å². The molecular weight excluding hydrogens is 502 g/mol. The van der Waals surface area contributed by atoms with E-state index in [-0.39, 0.29) is 35.5 Å². The Morgan fingerprint density at radius 2 is 1.75 bits per heavy atom. The molecule has 2 amide bonds. The average molecular weight is 538 g/mol. The molecule has 6 heteroatoms. The normalized spacial score (nSPS) is 24.6. The number of carbonyl (C=O) groups excluding carboxylic acids is 2. The standard InChI is InChI=1S/C34H35NO5/c1-3-21(17-22-14-15-29(36)26-12-8-7-11-25(22)26)13-16-30-31-23(19-39-2)18-27-32(28(31)20-40-30)34(38)35(33(27)37)24-9-5-4-6-10-24/h4-12,14-15,17,27-28,30,32,36H,3,13,16,18-20H2,1-2H3/b21-17+/t27-,28+,30-,32-/m1/s1. The minimum Gasteiger partial charge on any atom is -0.507 e. The number of para-hydroxylation sites is 1. The number of phenols is 1. The Balaban J connectivity index is 1.25. The summed E-state index contributed by atoms with van der Waals surface area (Å²) in [6.07, 6.45) is 5.22. The molecule has 40 heavy (non-hydrogen) atoms. The van der Waals surface area contributed by atoms with Crippen LogP contribution in [0.3, 0.4) is 0 Å². The molecule has 2 saturated heterocycles. The number of allylic oxidation sites excluding steroid dienone is 1. The number of aromatic hydroxyl groups is 1. The molecule has 1 N–H and O–H groups in total. The molecule has 6 nitrogen and oxygen atoms in total. The molecule has 0 spiro atoms. The summed E-state index contributed by atoms with van der Waals surface area (Å²) < 4.78 is 12.0. The van der Waals surface area contributed by atoms with Crippen molar-refractivity contribution < 1.29 is 24.2 Å². The number of benzene rings is 3. The number of methoxy groups -OCH3 is 1. The summed E-state index contributed by atoms with van der Waals surface area (Å²) in [5, 5.41) is 12.2. The van der Waals surface area contributed by atoms with Crippen molar-refractivity contribution in [3.05, 3.63) is 89.0 Å². The maximum atomic E-state index is 13.7. The van der Waals surface area contributed by atoms with Crippen LogP contribution < -0.4 is 4.90 Å². The Hall–Kier alpha value is -3.74. The van der Waals surface area contributed by atoms with Gasteiger partial charge in [-0.1, -0.05) is 67.1 Å². The summed E-state index contributed by atoms with van der Waals surface area (Å²) in [7, 11) is 1.68. The zero-order valence-electron chi connectivity index (χ0n) is 23.0. The predicted octanol–water partition coefficient (Wildman–Crippen LogP) is 6.29.